The number of anilines is 1. The molecule has 27 heavy (non-hydrogen) atoms. The van der Waals surface area contributed by atoms with E-state index in [-0.39, 0.29) is 6.10 Å². The molecule has 0 radical (unpaired) electrons. The summed E-state index contributed by atoms with van der Waals surface area (Å²) in [6.45, 7) is 0.608. The predicted molar refractivity (Wildman–Crippen MR) is 107 cm³/mol. The third-order valence-corrected chi connectivity index (χ3v) is 4.45. The number of aromatic nitrogens is 3. The van der Waals surface area contributed by atoms with Crippen LogP contribution in [0.25, 0.3) is 22.3 Å². The first-order valence-electron chi connectivity index (χ1n) is 8.84. The van der Waals surface area contributed by atoms with Gasteiger partial charge in [-0.05, 0) is 29.8 Å². The van der Waals surface area contributed by atoms with Crippen LogP contribution in [0.4, 0.5) is 5.82 Å². The van der Waals surface area contributed by atoms with Crippen LogP contribution in [0.3, 0.4) is 0 Å². The first kappa shape index (κ1) is 17.1. The summed E-state index contributed by atoms with van der Waals surface area (Å²) in [5.41, 5.74) is 2.96. The SMILES string of the molecule is COC(CNc1nc(-c2ccncc2)nc2ccccc12)c1ccccc1. The fraction of sp³-hybridized carbons (Fsp3) is 0.136. The maximum atomic E-state index is 5.67. The van der Waals surface area contributed by atoms with Crippen LogP contribution in [0.15, 0.2) is 79.1 Å². The zero-order valence-electron chi connectivity index (χ0n) is 15.0. The summed E-state index contributed by atoms with van der Waals surface area (Å²) in [4.78, 5) is 13.5. The van der Waals surface area contributed by atoms with Gasteiger partial charge in [0, 0.05) is 37.0 Å². The Kier molecular flexibility index (Phi) is 5.03. The minimum atomic E-state index is -0.0655. The van der Waals surface area contributed by atoms with E-state index >= 15 is 0 Å². The van der Waals surface area contributed by atoms with Crippen molar-refractivity contribution in [3.63, 3.8) is 0 Å². The van der Waals surface area contributed by atoms with Gasteiger partial charge in [0.15, 0.2) is 5.82 Å². The number of methoxy groups -OCH3 is 1. The van der Waals surface area contributed by atoms with Crippen molar-refractivity contribution in [2.75, 3.05) is 19.0 Å². The first-order valence-corrected chi connectivity index (χ1v) is 8.84. The lowest BCUT2D eigenvalue weighted by Crippen LogP contribution is -2.15. The van der Waals surface area contributed by atoms with Gasteiger partial charge in [0.05, 0.1) is 11.6 Å². The van der Waals surface area contributed by atoms with Gasteiger partial charge in [0.25, 0.3) is 0 Å². The van der Waals surface area contributed by atoms with Crippen LogP contribution in [0, 0.1) is 0 Å². The highest BCUT2D eigenvalue weighted by Crippen LogP contribution is 2.25. The van der Waals surface area contributed by atoms with Crippen molar-refractivity contribution in [2.45, 2.75) is 6.10 Å². The van der Waals surface area contributed by atoms with Crippen LogP contribution in [0.2, 0.25) is 0 Å². The highest BCUT2D eigenvalue weighted by Gasteiger charge is 2.13. The molecular weight excluding hydrogens is 336 g/mol. The van der Waals surface area contributed by atoms with Gasteiger partial charge >= 0.3 is 0 Å². The zero-order valence-corrected chi connectivity index (χ0v) is 15.0. The van der Waals surface area contributed by atoms with Gasteiger partial charge < -0.3 is 10.1 Å². The molecule has 0 saturated carbocycles. The summed E-state index contributed by atoms with van der Waals surface area (Å²) >= 11 is 0. The third-order valence-electron chi connectivity index (χ3n) is 4.45. The molecule has 0 amide bonds. The molecule has 1 atom stereocenters. The van der Waals surface area contributed by atoms with Crippen LogP contribution in [-0.4, -0.2) is 28.6 Å². The molecule has 0 fully saturated rings. The Morgan fingerprint density at radius 3 is 2.41 bits per heavy atom. The predicted octanol–water partition coefficient (Wildman–Crippen LogP) is 4.49. The van der Waals surface area contributed by atoms with Gasteiger partial charge in [-0.25, -0.2) is 9.97 Å². The summed E-state index contributed by atoms with van der Waals surface area (Å²) < 4.78 is 5.67. The lowest BCUT2D eigenvalue weighted by molar-refractivity contribution is 0.114. The number of hydrogen-bond donors (Lipinski definition) is 1. The van der Waals surface area contributed by atoms with E-state index in [0.29, 0.717) is 12.4 Å². The second kappa shape index (κ2) is 7.93. The Bertz CT molecular complexity index is 1020. The second-order valence-electron chi connectivity index (χ2n) is 6.16. The highest BCUT2D eigenvalue weighted by atomic mass is 16.5. The van der Waals surface area contributed by atoms with Crippen molar-refractivity contribution in [2.24, 2.45) is 0 Å². The molecule has 1 N–H and O–H groups in total. The van der Waals surface area contributed by atoms with Crippen molar-refractivity contribution >= 4 is 16.7 Å². The Morgan fingerprint density at radius 1 is 0.889 bits per heavy atom. The number of pyridine rings is 1. The van der Waals surface area contributed by atoms with Crippen molar-refractivity contribution in [1.82, 2.24) is 15.0 Å². The Labute approximate surface area is 158 Å². The van der Waals surface area contributed by atoms with Crippen LogP contribution >= 0.6 is 0 Å². The normalized spacial score (nSPS) is 12.0. The molecule has 0 bridgehead atoms. The van der Waals surface area contributed by atoms with E-state index in [4.69, 9.17) is 14.7 Å². The highest BCUT2D eigenvalue weighted by molar-refractivity contribution is 5.90. The Morgan fingerprint density at radius 2 is 1.63 bits per heavy atom. The van der Waals surface area contributed by atoms with E-state index in [9.17, 15) is 0 Å². The van der Waals surface area contributed by atoms with E-state index in [1.165, 1.54) is 0 Å². The minimum absolute atomic E-state index is 0.0655. The molecule has 5 heteroatoms. The van der Waals surface area contributed by atoms with Crippen molar-refractivity contribution in [3.8, 4) is 11.4 Å². The van der Waals surface area contributed by atoms with Gasteiger partial charge in [-0.1, -0.05) is 42.5 Å². The van der Waals surface area contributed by atoms with E-state index in [1.807, 2.05) is 54.6 Å². The van der Waals surface area contributed by atoms with Gasteiger partial charge in [0.1, 0.15) is 5.82 Å². The smallest absolute Gasteiger partial charge is 0.162 e. The molecule has 0 aliphatic heterocycles. The fourth-order valence-electron chi connectivity index (χ4n) is 3.04. The molecule has 2 heterocycles. The maximum Gasteiger partial charge on any atom is 0.162 e. The van der Waals surface area contributed by atoms with Gasteiger partial charge in [0.2, 0.25) is 0 Å². The maximum absolute atomic E-state index is 5.67. The molecule has 1 unspecified atom stereocenters. The number of para-hydroxylation sites is 1. The molecule has 0 spiro atoms. The first-order chi connectivity index (χ1) is 13.3. The number of benzene rings is 2. The summed E-state index contributed by atoms with van der Waals surface area (Å²) in [6.07, 6.45) is 3.43. The third kappa shape index (κ3) is 3.78. The molecule has 2 aromatic carbocycles. The number of hydrogen-bond acceptors (Lipinski definition) is 5. The van der Waals surface area contributed by atoms with Crippen molar-refractivity contribution in [1.29, 1.82) is 0 Å². The molecule has 4 rings (SSSR count). The largest absolute Gasteiger partial charge is 0.375 e. The Hall–Kier alpha value is -3.31. The summed E-state index contributed by atoms with van der Waals surface area (Å²) in [5.74, 6) is 1.47. The molecule has 5 nitrogen and oxygen atoms in total. The molecule has 134 valence electrons. The van der Waals surface area contributed by atoms with Crippen LogP contribution in [0.1, 0.15) is 11.7 Å². The summed E-state index contributed by atoms with van der Waals surface area (Å²) in [7, 11) is 1.72. The standard InChI is InChI=1S/C22H20N4O/c1-27-20(16-7-3-2-4-8-16)15-24-22-18-9-5-6-10-19(18)25-21(26-22)17-11-13-23-14-12-17/h2-14,20H,15H2,1H3,(H,24,25,26). The van der Waals surface area contributed by atoms with Gasteiger partial charge in [-0.2, -0.15) is 0 Å². The van der Waals surface area contributed by atoms with E-state index in [0.717, 1.165) is 27.8 Å². The van der Waals surface area contributed by atoms with E-state index < -0.39 is 0 Å². The number of rotatable bonds is 6. The summed E-state index contributed by atoms with van der Waals surface area (Å²) in [5, 5.41) is 4.44. The monoisotopic (exact) mass is 356 g/mol. The number of fused-ring (bicyclic) bond motifs is 1. The van der Waals surface area contributed by atoms with Crippen LogP contribution < -0.4 is 5.32 Å². The molecule has 4 aromatic rings. The number of nitrogens with one attached hydrogen (secondary N) is 1. The Balaban J connectivity index is 1.68. The van der Waals surface area contributed by atoms with Crippen LogP contribution in [-0.2, 0) is 4.74 Å². The number of ether oxygens (including phenoxy) is 1. The van der Waals surface area contributed by atoms with Crippen molar-refractivity contribution < 1.29 is 4.74 Å². The average molecular weight is 356 g/mol. The minimum Gasteiger partial charge on any atom is -0.375 e. The van der Waals surface area contributed by atoms with Crippen molar-refractivity contribution in [3.05, 3.63) is 84.7 Å². The zero-order chi connectivity index (χ0) is 18.5. The quantitative estimate of drug-likeness (QED) is 0.551. The van der Waals surface area contributed by atoms with E-state index in [1.54, 1.807) is 19.5 Å². The molecular formula is C22H20N4O. The average Bonchev–Trinajstić information content (AvgIpc) is 2.75. The van der Waals surface area contributed by atoms with Gasteiger partial charge in [-0.3, -0.25) is 4.98 Å². The lowest BCUT2D eigenvalue weighted by Gasteiger charge is -2.18. The second-order valence-corrected chi connectivity index (χ2v) is 6.16. The molecule has 0 aliphatic rings. The van der Waals surface area contributed by atoms with E-state index in [2.05, 4.69) is 22.4 Å². The number of nitrogens with zero attached hydrogens (tertiary/aromatic N) is 3. The fourth-order valence-corrected chi connectivity index (χ4v) is 3.04. The van der Waals surface area contributed by atoms with Crippen LogP contribution in [0.5, 0.6) is 0 Å². The lowest BCUT2D eigenvalue weighted by atomic mass is 10.1. The topological polar surface area (TPSA) is 59.9 Å². The molecule has 2 aromatic heterocycles. The molecule has 0 saturated heterocycles. The summed E-state index contributed by atoms with van der Waals surface area (Å²) in [6, 6.07) is 22.0. The van der Waals surface area contributed by atoms with Gasteiger partial charge in [-0.15, -0.1) is 0 Å². The molecule has 0 aliphatic carbocycles.